The van der Waals surface area contributed by atoms with Crippen molar-refractivity contribution in [2.75, 3.05) is 6.54 Å². The molecule has 0 bridgehead atoms. The van der Waals surface area contributed by atoms with Crippen LogP contribution in [0.1, 0.15) is 41.0 Å². The normalized spacial score (nSPS) is 14.1. The molecule has 1 N–H and O–H groups in total. The van der Waals surface area contributed by atoms with Crippen molar-refractivity contribution >= 4 is 6.09 Å². The first-order valence-electron chi connectivity index (χ1n) is 6.08. The molecule has 0 aliphatic rings. The number of allylic oxidation sites excluding steroid dienone is 2. The van der Waals surface area contributed by atoms with Crippen molar-refractivity contribution in [1.82, 2.24) is 5.32 Å². The number of carbonyl (C=O) groups excluding carboxylic acids is 1. The van der Waals surface area contributed by atoms with Crippen LogP contribution in [0.25, 0.3) is 0 Å². The van der Waals surface area contributed by atoms with Gasteiger partial charge in [0.25, 0.3) is 0 Å². The van der Waals surface area contributed by atoms with E-state index in [4.69, 9.17) is 4.74 Å². The summed E-state index contributed by atoms with van der Waals surface area (Å²) in [5.74, 6) is 0.297. The van der Waals surface area contributed by atoms with Gasteiger partial charge in [-0.15, -0.1) is 0 Å². The van der Waals surface area contributed by atoms with E-state index < -0.39 is 5.60 Å². The van der Waals surface area contributed by atoms with Crippen molar-refractivity contribution in [2.45, 2.75) is 46.6 Å². The average molecular weight is 239 g/mol. The molecule has 0 aromatic heterocycles. The van der Waals surface area contributed by atoms with Crippen LogP contribution in [-0.2, 0) is 4.74 Å². The second kappa shape index (κ2) is 7.15. The molecule has 0 aliphatic carbocycles. The molecule has 0 radical (unpaired) electrons. The van der Waals surface area contributed by atoms with Gasteiger partial charge < -0.3 is 10.1 Å². The minimum atomic E-state index is -0.447. The van der Waals surface area contributed by atoms with Gasteiger partial charge in [0.2, 0.25) is 0 Å². The van der Waals surface area contributed by atoms with Crippen LogP contribution < -0.4 is 5.32 Å². The molecule has 0 saturated carbocycles. The third kappa shape index (κ3) is 7.61. The standard InChI is InChI=1S/C14H25NO2/c1-7-9-12(8-2)11(3)10-15-13(16)17-14(4,5)6/h7,9,11H,1,8,10H2,2-6H3,(H,15,16)/b12-9+. The molecule has 3 heteroatoms. The smallest absolute Gasteiger partial charge is 0.407 e. The number of nitrogens with one attached hydrogen (secondary N) is 1. The molecule has 0 aromatic rings. The predicted octanol–water partition coefficient (Wildman–Crippen LogP) is 3.67. The monoisotopic (exact) mass is 239 g/mol. The average Bonchev–Trinajstić information content (AvgIpc) is 2.20. The number of carbonyl (C=O) groups is 1. The lowest BCUT2D eigenvalue weighted by Crippen LogP contribution is -2.35. The summed E-state index contributed by atoms with van der Waals surface area (Å²) in [4.78, 5) is 11.5. The molecule has 1 amide bonds. The third-order valence-electron chi connectivity index (χ3n) is 2.32. The molecule has 1 atom stereocenters. The zero-order valence-corrected chi connectivity index (χ0v) is 11.7. The van der Waals surface area contributed by atoms with E-state index in [-0.39, 0.29) is 6.09 Å². The Labute approximate surface area is 105 Å². The Kier molecular flexibility index (Phi) is 6.62. The van der Waals surface area contributed by atoms with Crippen LogP contribution in [0.3, 0.4) is 0 Å². The lowest BCUT2D eigenvalue weighted by molar-refractivity contribution is 0.0522. The van der Waals surface area contributed by atoms with E-state index in [0.717, 1.165) is 6.42 Å². The molecular weight excluding hydrogens is 214 g/mol. The van der Waals surface area contributed by atoms with E-state index in [2.05, 4.69) is 25.7 Å². The maximum atomic E-state index is 11.5. The van der Waals surface area contributed by atoms with Gasteiger partial charge in [-0.05, 0) is 33.1 Å². The predicted molar refractivity (Wildman–Crippen MR) is 72.0 cm³/mol. The van der Waals surface area contributed by atoms with Gasteiger partial charge in [-0.2, -0.15) is 0 Å². The molecule has 0 spiro atoms. The highest BCUT2D eigenvalue weighted by Crippen LogP contribution is 2.14. The Balaban J connectivity index is 4.15. The fourth-order valence-electron chi connectivity index (χ4n) is 1.46. The minimum Gasteiger partial charge on any atom is -0.444 e. The van der Waals surface area contributed by atoms with Crippen molar-refractivity contribution in [1.29, 1.82) is 0 Å². The summed E-state index contributed by atoms with van der Waals surface area (Å²) in [5.41, 5.74) is 0.828. The van der Waals surface area contributed by atoms with Gasteiger partial charge in [0.15, 0.2) is 0 Å². The maximum Gasteiger partial charge on any atom is 0.407 e. The van der Waals surface area contributed by atoms with E-state index >= 15 is 0 Å². The van der Waals surface area contributed by atoms with Gasteiger partial charge in [0, 0.05) is 6.54 Å². The van der Waals surface area contributed by atoms with E-state index in [1.165, 1.54) is 5.57 Å². The number of ether oxygens (including phenoxy) is 1. The van der Waals surface area contributed by atoms with E-state index in [0.29, 0.717) is 12.5 Å². The maximum absolute atomic E-state index is 11.5. The number of rotatable bonds is 5. The Hall–Kier alpha value is -1.25. The van der Waals surface area contributed by atoms with Crippen LogP contribution in [0.4, 0.5) is 4.79 Å². The quantitative estimate of drug-likeness (QED) is 0.743. The summed E-state index contributed by atoms with van der Waals surface area (Å²) >= 11 is 0. The molecule has 0 heterocycles. The van der Waals surface area contributed by atoms with Gasteiger partial charge in [0.05, 0.1) is 0 Å². The molecular formula is C14H25NO2. The summed E-state index contributed by atoms with van der Waals surface area (Å²) in [7, 11) is 0. The van der Waals surface area contributed by atoms with Crippen LogP contribution in [0.15, 0.2) is 24.3 Å². The summed E-state index contributed by atoms with van der Waals surface area (Å²) in [6, 6.07) is 0. The first kappa shape index (κ1) is 15.8. The van der Waals surface area contributed by atoms with Crippen LogP contribution in [0.5, 0.6) is 0 Å². The fraction of sp³-hybridized carbons (Fsp3) is 0.643. The molecule has 0 fully saturated rings. The second-order valence-corrected chi connectivity index (χ2v) is 5.11. The van der Waals surface area contributed by atoms with E-state index in [9.17, 15) is 4.79 Å². The van der Waals surface area contributed by atoms with Crippen molar-refractivity contribution in [3.05, 3.63) is 24.3 Å². The lowest BCUT2D eigenvalue weighted by atomic mass is 9.98. The Morgan fingerprint density at radius 3 is 2.47 bits per heavy atom. The fourth-order valence-corrected chi connectivity index (χ4v) is 1.46. The minimum absolute atomic E-state index is 0.297. The Bertz CT molecular complexity index is 287. The van der Waals surface area contributed by atoms with Crippen molar-refractivity contribution in [3.8, 4) is 0 Å². The molecule has 1 unspecified atom stereocenters. The molecule has 98 valence electrons. The topological polar surface area (TPSA) is 38.3 Å². The van der Waals surface area contributed by atoms with Crippen molar-refractivity contribution in [3.63, 3.8) is 0 Å². The summed E-state index contributed by atoms with van der Waals surface area (Å²) in [5, 5.41) is 2.78. The molecule has 0 rings (SSSR count). The number of hydrogen-bond donors (Lipinski definition) is 1. The van der Waals surface area contributed by atoms with Gasteiger partial charge >= 0.3 is 6.09 Å². The summed E-state index contributed by atoms with van der Waals surface area (Å²) in [6.07, 6.45) is 4.38. The Morgan fingerprint density at radius 1 is 1.47 bits per heavy atom. The van der Waals surface area contributed by atoms with E-state index in [1.54, 1.807) is 6.08 Å². The van der Waals surface area contributed by atoms with Crippen LogP contribution in [0.2, 0.25) is 0 Å². The largest absolute Gasteiger partial charge is 0.444 e. The molecule has 0 aromatic carbocycles. The van der Waals surface area contributed by atoms with Crippen LogP contribution in [-0.4, -0.2) is 18.2 Å². The highest BCUT2D eigenvalue weighted by molar-refractivity contribution is 5.67. The number of alkyl carbamates (subject to hydrolysis) is 1. The molecule has 3 nitrogen and oxygen atoms in total. The van der Waals surface area contributed by atoms with Crippen LogP contribution >= 0.6 is 0 Å². The zero-order chi connectivity index (χ0) is 13.5. The highest BCUT2D eigenvalue weighted by atomic mass is 16.6. The van der Waals surface area contributed by atoms with Crippen molar-refractivity contribution in [2.24, 2.45) is 5.92 Å². The van der Waals surface area contributed by atoms with Crippen molar-refractivity contribution < 1.29 is 9.53 Å². The third-order valence-corrected chi connectivity index (χ3v) is 2.32. The highest BCUT2D eigenvalue weighted by Gasteiger charge is 2.16. The first-order valence-corrected chi connectivity index (χ1v) is 6.08. The van der Waals surface area contributed by atoms with Gasteiger partial charge in [-0.3, -0.25) is 0 Å². The lowest BCUT2D eigenvalue weighted by Gasteiger charge is -2.21. The number of amides is 1. The number of hydrogen-bond acceptors (Lipinski definition) is 2. The first-order chi connectivity index (χ1) is 7.80. The zero-order valence-electron chi connectivity index (χ0n) is 11.7. The molecule has 0 saturated heterocycles. The SMILES string of the molecule is C=C/C=C(\CC)C(C)CNC(=O)OC(C)(C)C. The second-order valence-electron chi connectivity index (χ2n) is 5.11. The Morgan fingerprint density at radius 2 is 2.06 bits per heavy atom. The van der Waals surface area contributed by atoms with Gasteiger partial charge in [-0.25, -0.2) is 4.79 Å². The van der Waals surface area contributed by atoms with Gasteiger partial charge in [-0.1, -0.05) is 38.2 Å². The van der Waals surface area contributed by atoms with E-state index in [1.807, 2.05) is 26.8 Å². The summed E-state index contributed by atoms with van der Waals surface area (Å²) in [6.45, 7) is 14.0. The van der Waals surface area contributed by atoms with Crippen LogP contribution in [0, 0.1) is 5.92 Å². The summed E-state index contributed by atoms with van der Waals surface area (Å²) < 4.78 is 5.17. The molecule has 0 aliphatic heterocycles. The van der Waals surface area contributed by atoms with Gasteiger partial charge in [0.1, 0.15) is 5.60 Å². The molecule has 17 heavy (non-hydrogen) atoms.